The second kappa shape index (κ2) is 4.73. The van der Waals surface area contributed by atoms with Crippen LogP contribution in [0.3, 0.4) is 0 Å². The number of hydrogen-bond acceptors (Lipinski definition) is 1. The number of aromatic hydroxyl groups is 1. The highest BCUT2D eigenvalue weighted by Gasteiger charge is 2.34. The summed E-state index contributed by atoms with van der Waals surface area (Å²) in [5.74, 6) is 0.957. The average molecular weight is 314 g/mol. The molecule has 0 saturated heterocycles. The zero-order valence-electron chi connectivity index (χ0n) is 11.3. The first-order valence-electron chi connectivity index (χ1n) is 6.59. The summed E-state index contributed by atoms with van der Waals surface area (Å²) >= 11 is 5.95. The number of rotatable bonds is 1. The van der Waals surface area contributed by atoms with Gasteiger partial charge in [-0.25, -0.2) is 0 Å². The first kappa shape index (κ1) is 14.4. The van der Waals surface area contributed by atoms with Gasteiger partial charge in [-0.2, -0.15) is 24.7 Å². The van der Waals surface area contributed by atoms with Gasteiger partial charge >= 0.3 is 6.18 Å². The van der Waals surface area contributed by atoms with Gasteiger partial charge in [0.1, 0.15) is 0 Å². The van der Waals surface area contributed by atoms with E-state index in [2.05, 4.69) is 0 Å². The molecule has 2 aromatic rings. The predicted molar refractivity (Wildman–Crippen MR) is 76.7 cm³/mol. The van der Waals surface area contributed by atoms with Crippen molar-refractivity contribution in [2.45, 2.75) is 25.4 Å². The Bertz CT molecular complexity index is 709. The fourth-order valence-corrected chi connectivity index (χ4v) is 3.47. The number of hydrogen-bond donors (Lipinski definition) is 1. The average Bonchev–Trinajstić information content (AvgIpc) is 2.74. The lowest BCUT2D eigenvalue weighted by atomic mass is 9.91. The molecule has 112 valence electrons. The lowest BCUT2D eigenvalue weighted by Gasteiger charge is -2.23. The highest BCUT2D eigenvalue weighted by atomic mass is 35.5. The van der Waals surface area contributed by atoms with Crippen LogP contribution in [-0.4, -0.2) is 11.0 Å². The minimum absolute atomic E-state index is 0.0856. The molecule has 1 aliphatic rings. The van der Waals surface area contributed by atoms with Gasteiger partial charge in [-0.1, -0.05) is 42.8 Å². The molecule has 2 aromatic carbocycles. The zero-order valence-corrected chi connectivity index (χ0v) is 12.0. The Morgan fingerprint density at radius 3 is 2.71 bits per heavy atom. The summed E-state index contributed by atoms with van der Waals surface area (Å²) in [7, 11) is 0. The summed E-state index contributed by atoms with van der Waals surface area (Å²) in [4.78, 5) is 0. The lowest BCUT2D eigenvalue weighted by molar-refractivity contribution is -0.136. The summed E-state index contributed by atoms with van der Waals surface area (Å²) < 4.78 is 40.0. The second-order valence-electron chi connectivity index (χ2n) is 5.42. The molecule has 0 aromatic heterocycles. The summed E-state index contributed by atoms with van der Waals surface area (Å²) in [5, 5.41) is 10.4. The molecule has 1 N–H and O–H groups in total. The van der Waals surface area contributed by atoms with Gasteiger partial charge in [0.05, 0.1) is 11.3 Å². The SMILES string of the molecule is C[C-]1CC(CCl)c2c1cc(O)c1cccc(C(F)(F)F)c21. The molecule has 1 unspecified atom stereocenters. The predicted octanol–water partition coefficient (Wildman–Crippen LogP) is 5.23. The fraction of sp³-hybridized carbons (Fsp3) is 0.312. The molecule has 0 fully saturated rings. The van der Waals surface area contributed by atoms with Gasteiger partial charge in [-0.15, -0.1) is 23.2 Å². The largest absolute Gasteiger partial charge is 0.520 e. The van der Waals surface area contributed by atoms with Crippen LogP contribution in [0.2, 0.25) is 0 Å². The molecular weight excluding hydrogens is 301 g/mol. The molecular formula is C16H13ClF3O-. The van der Waals surface area contributed by atoms with E-state index in [1.54, 1.807) is 6.07 Å². The van der Waals surface area contributed by atoms with Crippen molar-refractivity contribution in [1.29, 1.82) is 0 Å². The number of alkyl halides is 4. The maximum absolute atomic E-state index is 13.3. The van der Waals surface area contributed by atoms with Crippen molar-refractivity contribution in [3.8, 4) is 5.75 Å². The highest BCUT2D eigenvalue weighted by molar-refractivity contribution is 6.18. The third kappa shape index (κ3) is 2.13. The van der Waals surface area contributed by atoms with Crippen molar-refractivity contribution < 1.29 is 18.3 Å². The first-order chi connectivity index (χ1) is 9.84. The third-order valence-corrected chi connectivity index (χ3v) is 4.47. The molecule has 1 aliphatic carbocycles. The van der Waals surface area contributed by atoms with Gasteiger partial charge in [0.25, 0.3) is 0 Å². The van der Waals surface area contributed by atoms with Crippen molar-refractivity contribution in [2.75, 3.05) is 5.88 Å². The molecule has 0 aliphatic heterocycles. The van der Waals surface area contributed by atoms with Crippen LogP contribution in [0, 0.1) is 5.92 Å². The van der Waals surface area contributed by atoms with Gasteiger partial charge in [-0.3, -0.25) is 0 Å². The minimum Gasteiger partial charge on any atom is -0.520 e. The van der Waals surface area contributed by atoms with Crippen molar-refractivity contribution in [1.82, 2.24) is 0 Å². The lowest BCUT2D eigenvalue weighted by Crippen LogP contribution is -2.08. The van der Waals surface area contributed by atoms with Crippen LogP contribution in [0.25, 0.3) is 10.8 Å². The van der Waals surface area contributed by atoms with Crippen LogP contribution in [0.5, 0.6) is 5.75 Å². The molecule has 0 radical (unpaired) electrons. The van der Waals surface area contributed by atoms with E-state index >= 15 is 0 Å². The Labute approximate surface area is 125 Å². The third-order valence-electron chi connectivity index (χ3n) is 4.09. The van der Waals surface area contributed by atoms with Crippen molar-refractivity contribution in [3.63, 3.8) is 0 Å². The van der Waals surface area contributed by atoms with Gasteiger partial charge in [0, 0.05) is 5.88 Å². The number of fused-ring (bicyclic) bond motifs is 3. The molecule has 21 heavy (non-hydrogen) atoms. The Hall–Kier alpha value is -1.55. The van der Waals surface area contributed by atoms with Crippen molar-refractivity contribution in [3.05, 3.63) is 46.9 Å². The molecule has 0 heterocycles. The van der Waals surface area contributed by atoms with Crippen molar-refractivity contribution in [2.24, 2.45) is 0 Å². The van der Waals surface area contributed by atoms with E-state index in [0.717, 1.165) is 12.0 Å². The monoisotopic (exact) mass is 313 g/mol. The maximum atomic E-state index is 13.3. The zero-order chi connectivity index (χ0) is 15.4. The Kier molecular flexibility index (Phi) is 3.24. The topological polar surface area (TPSA) is 20.2 Å². The van der Waals surface area contributed by atoms with Gasteiger partial charge in [0.15, 0.2) is 0 Å². The van der Waals surface area contributed by atoms with Crippen LogP contribution < -0.4 is 0 Å². The molecule has 3 rings (SSSR count). The summed E-state index contributed by atoms with van der Waals surface area (Å²) in [6, 6.07) is 5.44. The highest BCUT2D eigenvalue weighted by Crippen LogP contribution is 2.50. The Balaban J connectivity index is 2.46. The summed E-state index contributed by atoms with van der Waals surface area (Å²) in [6.45, 7) is 1.87. The van der Waals surface area contributed by atoms with Gasteiger partial charge in [-0.05, 0) is 5.39 Å². The number of benzene rings is 2. The Morgan fingerprint density at radius 1 is 1.38 bits per heavy atom. The summed E-state index contributed by atoms with van der Waals surface area (Å²) in [6.07, 6.45) is -3.84. The normalized spacial score (nSPS) is 18.3. The maximum Gasteiger partial charge on any atom is 0.416 e. The molecule has 1 nitrogen and oxygen atoms in total. The van der Waals surface area contributed by atoms with E-state index < -0.39 is 11.7 Å². The van der Waals surface area contributed by atoms with E-state index in [9.17, 15) is 18.3 Å². The summed E-state index contributed by atoms with van der Waals surface area (Å²) in [5.41, 5.74) is 0.600. The first-order valence-corrected chi connectivity index (χ1v) is 7.12. The van der Waals surface area contributed by atoms with E-state index in [0.29, 0.717) is 17.5 Å². The quantitative estimate of drug-likeness (QED) is 0.564. The number of phenolic OH excluding ortho intramolecular Hbond substituents is 1. The van der Waals surface area contributed by atoms with E-state index in [4.69, 9.17) is 11.6 Å². The van der Waals surface area contributed by atoms with E-state index in [1.165, 1.54) is 12.1 Å². The molecule has 5 heteroatoms. The van der Waals surface area contributed by atoms with E-state index in [-0.39, 0.29) is 28.3 Å². The molecule has 0 bridgehead atoms. The number of phenols is 1. The minimum atomic E-state index is -4.46. The molecule has 1 atom stereocenters. The van der Waals surface area contributed by atoms with Crippen LogP contribution in [0.1, 0.15) is 36.0 Å². The van der Waals surface area contributed by atoms with Crippen LogP contribution in [0.4, 0.5) is 13.2 Å². The molecule has 0 amide bonds. The molecule has 0 spiro atoms. The van der Waals surface area contributed by atoms with Crippen LogP contribution in [-0.2, 0) is 6.18 Å². The van der Waals surface area contributed by atoms with Gasteiger partial charge < -0.3 is 5.11 Å². The van der Waals surface area contributed by atoms with Crippen molar-refractivity contribution >= 4 is 22.4 Å². The fourth-order valence-electron chi connectivity index (χ4n) is 3.21. The van der Waals surface area contributed by atoms with Crippen LogP contribution >= 0.6 is 11.6 Å². The Morgan fingerprint density at radius 2 is 2.10 bits per heavy atom. The smallest absolute Gasteiger partial charge is 0.416 e. The second-order valence-corrected chi connectivity index (χ2v) is 5.73. The van der Waals surface area contributed by atoms with Crippen LogP contribution in [0.15, 0.2) is 24.3 Å². The van der Waals surface area contributed by atoms with Gasteiger partial charge in [0.2, 0.25) is 0 Å². The standard InChI is InChI=1S/C16H13ClF3O/c1-8-5-9(7-17)14-11(8)6-13(21)10-3-2-4-12(15(10)14)16(18,19)20/h2-4,6,9,21H,5,7H2,1H3/q-1. The van der Waals surface area contributed by atoms with E-state index in [1.807, 2.05) is 6.92 Å². The number of halogens is 4. The molecule has 0 saturated carbocycles.